The predicted octanol–water partition coefficient (Wildman–Crippen LogP) is 2.95. The van der Waals surface area contributed by atoms with E-state index in [9.17, 15) is 10.2 Å². The van der Waals surface area contributed by atoms with E-state index in [2.05, 4.69) is 15.9 Å². The first kappa shape index (κ1) is 12.2. The second-order valence-corrected chi connectivity index (χ2v) is 6.03. The van der Waals surface area contributed by atoms with Crippen LogP contribution in [0.3, 0.4) is 0 Å². The van der Waals surface area contributed by atoms with Crippen LogP contribution in [0, 0.1) is 5.41 Å². The maximum atomic E-state index is 9.92. The molecule has 0 aromatic carbocycles. The normalized spacial score (nSPS) is 16.7. The van der Waals surface area contributed by atoms with Gasteiger partial charge < -0.3 is 10.2 Å². The van der Waals surface area contributed by atoms with Crippen LogP contribution < -0.4 is 0 Å². The Kier molecular flexibility index (Phi) is 3.75. The molecule has 0 aliphatic carbocycles. The third-order valence-corrected chi connectivity index (χ3v) is 3.90. The summed E-state index contributed by atoms with van der Waals surface area (Å²) in [4.78, 5) is 0. The number of halogens is 1. The van der Waals surface area contributed by atoms with Crippen LogP contribution in [0.5, 0.6) is 0 Å². The number of hydrogen-bond donors (Lipinski definition) is 2. The van der Waals surface area contributed by atoms with Crippen molar-refractivity contribution in [1.29, 1.82) is 0 Å². The zero-order valence-corrected chi connectivity index (χ0v) is 10.9. The monoisotopic (exact) mass is 278 g/mol. The van der Waals surface area contributed by atoms with Gasteiger partial charge in [-0.25, -0.2) is 0 Å². The Hall–Kier alpha value is 0.100. The quantitative estimate of drug-likeness (QED) is 0.873. The van der Waals surface area contributed by atoms with Gasteiger partial charge in [-0.2, -0.15) is 11.3 Å². The highest BCUT2D eigenvalue weighted by molar-refractivity contribution is 9.10. The largest absolute Gasteiger partial charge is 0.390 e. The third kappa shape index (κ3) is 2.57. The van der Waals surface area contributed by atoms with Gasteiger partial charge in [0.05, 0.1) is 6.10 Å². The van der Waals surface area contributed by atoms with Crippen molar-refractivity contribution in [3.8, 4) is 0 Å². The van der Waals surface area contributed by atoms with Crippen LogP contribution >= 0.6 is 27.3 Å². The maximum Gasteiger partial charge on any atom is 0.107 e. The summed E-state index contributed by atoms with van der Waals surface area (Å²) in [6.07, 6.45) is -1.58. The second-order valence-electron chi connectivity index (χ2n) is 4.43. The molecule has 0 saturated heterocycles. The van der Waals surface area contributed by atoms with E-state index < -0.39 is 12.2 Å². The zero-order valence-electron chi connectivity index (χ0n) is 8.49. The summed E-state index contributed by atoms with van der Waals surface area (Å²) >= 11 is 4.85. The lowest BCUT2D eigenvalue weighted by molar-refractivity contribution is -0.0459. The van der Waals surface area contributed by atoms with Gasteiger partial charge >= 0.3 is 0 Å². The summed E-state index contributed by atoms with van der Waals surface area (Å²) in [7, 11) is 0. The summed E-state index contributed by atoms with van der Waals surface area (Å²) in [6.45, 7) is 5.71. The Bertz CT molecular complexity index is 303. The van der Waals surface area contributed by atoms with Crippen molar-refractivity contribution in [3.63, 3.8) is 0 Å². The highest BCUT2D eigenvalue weighted by Gasteiger charge is 2.31. The molecule has 0 amide bonds. The Balaban J connectivity index is 2.86. The molecule has 1 heterocycles. The fourth-order valence-corrected chi connectivity index (χ4v) is 2.71. The van der Waals surface area contributed by atoms with Gasteiger partial charge in [-0.15, -0.1) is 0 Å². The average molecular weight is 279 g/mol. The molecule has 2 atom stereocenters. The van der Waals surface area contributed by atoms with E-state index in [1.807, 2.05) is 31.5 Å². The molecular weight excluding hydrogens is 264 g/mol. The Morgan fingerprint density at radius 2 is 1.86 bits per heavy atom. The molecule has 0 radical (unpaired) electrons. The molecule has 0 aliphatic heterocycles. The van der Waals surface area contributed by atoms with Crippen molar-refractivity contribution >= 4 is 27.3 Å². The summed E-state index contributed by atoms with van der Waals surface area (Å²) in [5, 5.41) is 23.6. The highest BCUT2D eigenvalue weighted by Crippen LogP contribution is 2.35. The van der Waals surface area contributed by atoms with Crippen molar-refractivity contribution in [2.45, 2.75) is 33.0 Å². The molecule has 0 saturated carbocycles. The lowest BCUT2D eigenvalue weighted by atomic mass is 9.84. The van der Waals surface area contributed by atoms with E-state index in [0.717, 1.165) is 10.0 Å². The second kappa shape index (κ2) is 4.31. The van der Waals surface area contributed by atoms with Gasteiger partial charge in [-0.3, -0.25) is 0 Å². The van der Waals surface area contributed by atoms with Crippen molar-refractivity contribution in [2.24, 2.45) is 5.41 Å². The zero-order chi connectivity index (χ0) is 10.9. The number of aliphatic hydroxyl groups is 2. The topological polar surface area (TPSA) is 40.5 Å². The van der Waals surface area contributed by atoms with Crippen LogP contribution in [0.25, 0.3) is 0 Å². The molecule has 1 aromatic heterocycles. The average Bonchev–Trinajstić information content (AvgIpc) is 2.47. The van der Waals surface area contributed by atoms with Crippen molar-refractivity contribution < 1.29 is 10.2 Å². The molecule has 2 N–H and O–H groups in total. The summed E-state index contributed by atoms with van der Waals surface area (Å²) < 4.78 is 0.860. The van der Waals surface area contributed by atoms with E-state index in [4.69, 9.17) is 0 Å². The van der Waals surface area contributed by atoms with E-state index in [1.165, 1.54) is 11.3 Å². The molecule has 80 valence electrons. The number of aliphatic hydroxyl groups excluding tert-OH is 2. The van der Waals surface area contributed by atoms with Gasteiger partial charge in [-0.1, -0.05) is 20.8 Å². The minimum Gasteiger partial charge on any atom is -0.390 e. The van der Waals surface area contributed by atoms with Crippen LogP contribution in [0.2, 0.25) is 0 Å². The standard InChI is InChI=1S/C10H15BrO2S/c1-10(2,3)9(13)8(12)6-4-14-5-7(6)11/h4-5,8-9,12-13H,1-3H3. The predicted molar refractivity (Wildman–Crippen MR) is 62.4 cm³/mol. The van der Waals surface area contributed by atoms with Crippen LogP contribution in [0.15, 0.2) is 15.2 Å². The fraction of sp³-hybridized carbons (Fsp3) is 0.600. The summed E-state index contributed by atoms with van der Waals surface area (Å²) in [5.74, 6) is 0. The van der Waals surface area contributed by atoms with Gasteiger partial charge in [0.15, 0.2) is 0 Å². The molecular formula is C10H15BrO2S. The lowest BCUT2D eigenvalue weighted by Gasteiger charge is -2.29. The van der Waals surface area contributed by atoms with Gasteiger partial charge in [0.25, 0.3) is 0 Å². The molecule has 2 unspecified atom stereocenters. The molecule has 4 heteroatoms. The van der Waals surface area contributed by atoms with Gasteiger partial charge in [-0.05, 0) is 26.7 Å². The van der Waals surface area contributed by atoms with Crippen molar-refractivity contribution in [1.82, 2.24) is 0 Å². The van der Waals surface area contributed by atoms with Crippen molar-refractivity contribution in [3.05, 3.63) is 20.8 Å². The molecule has 2 nitrogen and oxygen atoms in total. The summed E-state index contributed by atoms with van der Waals surface area (Å²) in [5.41, 5.74) is 0.443. The molecule has 0 spiro atoms. The Labute approximate surface area is 96.7 Å². The maximum absolute atomic E-state index is 9.92. The minimum atomic E-state index is -0.823. The van der Waals surface area contributed by atoms with Crippen LogP contribution in [0.1, 0.15) is 32.4 Å². The van der Waals surface area contributed by atoms with Crippen LogP contribution in [0.4, 0.5) is 0 Å². The highest BCUT2D eigenvalue weighted by atomic mass is 79.9. The smallest absolute Gasteiger partial charge is 0.107 e. The number of rotatable bonds is 2. The van der Waals surface area contributed by atoms with E-state index in [0.29, 0.717) is 0 Å². The molecule has 1 aromatic rings. The van der Waals surface area contributed by atoms with Gasteiger partial charge in [0.2, 0.25) is 0 Å². The molecule has 14 heavy (non-hydrogen) atoms. The lowest BCUT2D eigenvalue weighted by Crippen LogP contribution is -2.32. The van der Waals surface area contributed by atoms with E-state index >= 15 is 0 Å². The first-order valence-electron chi connectivity index (χ1n) is 4.41. The number of thiophene rings is 1. The first-order valence-corrected chi connectivity index (χ1v) is 6.15. The first-order chi connectivity index (χ1) is 6.34. The van der Waals surface area contributed by atoms with Crippen molar-refractivity contribution in [2.75, 3.05) is 0 Å². The summed E-state index contributed by atoms with van der Waals surface area (Å²) in [6, 6.07) is 0. The molecule has 0 bridgehead atoms. The van der Waals surface area contributed by atoms with E-state index in [1.54, 1.807) is 0 Å². The Morgan fingerprint density at radius 1 is 1.29 bits per heavy atom. The fourth-order valence-electron chi connectivity index (χ4n) is 1.15. The van der Waals surface area contributed by atoms with Gasteiger partial charge in [0.1, 0.15) is 6.10 Å². The molecule has 0 aliphatic rings. The van der Waals surface area contributed by atoms with Crippen LogP contribution in [-0.4, -0.2) is 16.3 Å². The molecule has 1 rings (SSSR count). The third-order valence-electron chi connectivity index (χ3n) is 2.15. The number of hydrogen-bond acceptors (Lipinski definition) is 3. The van der Waals surface area contributed by atoms with Gasteiger partial charge in [0, 0.05) is 15.4 Å². The SMILES string of the molecule is CC(C)(C)C(O)C(O)c1cscc1Br. The minimum absolute atomic E-state index is 0.319. The van der Waals surface area contributed by atoms with Crippen LogP contribution in [-0.2, 0) is 0 Å². The van der Waals surface area contributed by atoms with E-state index in [-0.39, 0.29) is 5.41 Å². The molecule has 0 fully saturated rings. The Morgan fingerprint density at radius 3 is 2.21 bits per heavy atom.